The average molecular weight is 469 g/mol. The van der Waals surface area contributed by atoms with Gasteiger partial charge in [-0.25, -0.2) is 4.99 Å². The second kappa shape index (κ2) is 6.10. The molecule has 2 aromatic carbocycles. The molecule has 1 fully saturated rings. The van der Waals surface area contributed by atoms with Crippen LogP contribution in [0.5, 0.6) is 0 Å². The van der Waals surface area contributed by atoms with Crippen molar-refractivity contribution in [2.24, 2.45) is 4.99 Å². The normalized spacial score (nSPS) is 21.2. The number of carbonyl (C=O) groups excluding carboxylic acids is 1. The predicted molar refractivity (Wildman–Crippen MR) is 114 cm³/mol. The Kier molecular flexibility index (Phi) is 3.80. The highest BCUT2D eigenvalue weighted by atomic mass is 127. The molecule has 1 atom stereocenters. The first-order valence-electron chi connectivity index (χ1n) is 8.78. The number of hydrogen-bond acceptors (Lipinski definition) is 5. The zero-order valence-electron chi connectivity index (χ0n) is 14.6. The molecule has 0 aliphatic carbocycles. The van der Waals surface area contributed by atoms with Gasteiger partial charge in [-0.3, -0.25) is 12.8 Å². The van der Waals surface area contributed by atoms with Crippen molar-refractivity contribution in [3.8, 4) is 0 Å². The molecule has 0 bridgehead atoms. The van der Waals surface area contributed by atoms with Gasteiger partial charge >= 0.3 is 0 Å². The first-order valence-corrected chi connectivity index (χ1v) is 9.66. The Morgan fingerprint density at radius 2 is 2.04 bits per heavy atom. The number of ketones is 1. The van der Waals surface area contributed by atoms with Crippen LogP contribution in [0.25, 0.3) is 10.8 Å². The van der Waals surface area contributed by atoms with Gasteiger partial charge < -0.3 is 4.90 Å². The lowest BCUT2D eigenvalue weighted by Crippen LogP contribution is -2.49. The maximum Gasteiger partial charge on any atom is 0.205 e. The van der Waals surface area contributed by atoms with Crippen molar-refractivity contribution in [1.82, 2.24) is 4.98 Å². The minimum atomic E-state index is -1.02. The van der Waals surface area contributed by atoms with Gasteiger partial charge in [0.15, 0.2) is 5.84 Å². The van der Waals surface area contributed by atoms with E-state index >= 15 is 0 Å². The molecule has 5 rings (SSSR count). The summed E-state index contributed by atoms with van der Waals surface area (Å²) in [5.41, 5.74) is 2.36. The standard InChI is InChI=1S/C21H16IN3O2/c1-13-2-5-18-17(10-13)19(26)21(27-22)7-9-25(20(21)24-18)16-4-3-14-6-8-23-12-15(14)11-16/h2-6,8,10-12H,7,9H2,1H3/t21-/m1/s1. The quantitative estimate of drug-likeness (QED) is 0.507. The van der Waals surface area contributed by atoms with Crippen molar-refractivity contribution in [3.05, 3.63) is 66.0 Å². The zero-order chi connectivity index (χ0) is 18.6. The molecule has 1 saturated heterocycles. The van der Waals surface area contributed by atoms with Crippen LogP contribution in [0, 0.1) is 6.92 Å². The van der Waals surface area contributed by atoms with E-state index < -0.39 is 5.60 Å². The maximum absolute atomic E-state index is 13.3. The molecule has 0 radical (unpaired) electrons. The molecule has 0 unspecified atom stereocenters. The van der Waals surface area contributed by atoms with Crippen molar-refractivity contribution in [3.63, 3.8) is 0 Å². The molecule has 134 valence electrons. The third kappa shape index (κ3) is 2.43. The van der Waals surface area contributed by atoms with E-state index in [-0.39, 0.29) is 5.78 Å². The third-order valence-electron chi connectivity index (χ3n) is 5.36. The molecule has 3 heterocycles. The molecule has 1 aromatic heterocycles. The molecule has 0 saturated carbocycles. The number of aromatic nitrogens is 1. The molecule has 0 N–H and O–H groups in total. The van der Waals surface area contributed by atoms with Crippen molar-refractivity contribution in [2.45, 2.75) is 18.9 Å². The molecule has 0 amide bonds. The van der Waals surface area contributed by atoms with Gasteiger partial charge in [0, 0.05) is 42.0 Å². The van der Waals surface area contributed by atoms with E-state index in [0.29, 0.717) is 30.1 Å². The van der Waals surface area contributed by atoms with E-state index in [4.69, 9.17) is 8.06 Å². The Morgan fingerprint density at radius 1 is 1.15 bits per heavy atom. The molecule has 0 spiro atoms. The van der Waals surface area contributed by atoms with Crippen molar-refractivity contribution >= 4 is 56.8 Å². The Bertz CT molecular complexity index is 1130. The molecule has 5 nitrogen and oxygen atoms in total. The lowest BCUT2D eigenvalue weighted by Gasteiger charge is -2.31. The summed E-state index contributed by atoms with van der Waals surface area (Å²) in [4.78, 5) is 24.5. The molecule has 27 heavy (non-hydrogen) atoms. The number of carbonyl (C=O) groups is 1. The van der Waals surface area contributed by atoms with Crippen molar-refractivity contribution in [2.75, 3.05) is 11.4 Å². The highest BCUT2D eigenvalue weighted by Crippen LogP contribution is 2.43. The topological polar surface area (TPSA) is 54.8 Å². The van der Waals surface area contributed by atoms with Gasteiger partial charge in [0.25, 0.3) is 0 Å². The van der Waals surface area contributed by atoms with Crippen LogP contribution in [-0.2, 0) is 3.07 Å². The molecular formula is C21H16IN3O2. The third-order valence-corrected chi connectivity index (χ3v) is 6.11. The number of hydrogen-bond donors (Lipinski definition) is 0. The van der Waals surface area contributed by atoms with E-state index in [1.807, 2.05) is 60.4 Å². The van der Waals surface area contributed by atoms with Crippen LogP contribution in [-0.4, -0.2) is 28.7 Å². The maximum atomic E-state index is 13.3. The number of benzene rings is 2. The number of aryl methyl sites for hydroxylation is 1. The number of aliphatic imine (C=N–C) groups is 1. The van der Waals surface area contributed by atoms with E-state index in [1.54, 1.807) is 6.20 Å². The first-order chi connectivity index (χ1) is 13.1. The highest BCUT2D eigenvalue weighted by Gasteiger charge is 2.55. The summed E-state index contributed by atoms with van der Waals surface area (Å²) >= 11 is 1.84. The SMILES string of the molecule is Cc1ccc2c(c1)C(=O)[C@]1(OI)CCN(c3ccc4ccncc4c3)C1=N2. The largest absolute Gasteiger partial charge is 0.327 e. The minimum absolute atomic E-state index is 0.00874. The Hall–Kier alpha value is -2.32. The van der Waals surface area contributed by atoms with Crippen LogP contribution in [0.15, 0.2) is 59.9 Å². The van der Waals surface area contributed by atoms with Gasteiger partial charge in [-0.1, -0.05) is 17.7 Å². The van der Waals surface area contributed by atoms with E-state index in [9.17, 15) is 4.79 Å². The van der Waals surface area contributed by atoms with E-state index in [1.165, 1.54) is 0 Å². The fourth-order valence-electron chi connectivity index (χ4n) is 3.93. The van der Waals surface area contributed by atoms with Crippen LogP contribution in [0.2, 0.25) is 0 Å². The van der Waals surface area contributed by atoms with Gasteiger partial charge in [0.1, 0.15) is 23.0 Å². The fourth-order valence-corrected chi connectivity index (χ4v) is 4.55. The number of amidine groups is 1. The molecule has 2 aliphatic heterocycles. The van der Waals surface area contributed by atoms with Crippen molar-refractivity contribution < 1.29 is 7.86 Å². The second-order valence-electron chi connectivity index (χ2n) is 7.00. The number of halogens is 1. The molecular weight excluding hydrogens is 453 g/mol. The number of Topliss-reactive ketones (excluding diaryl/α,β-unsaturated/α-hetero) is 1. The first kappa shape index (κ1) is 16.8. The summed E-state index contributed by atoms with van der Waals surface area (Å²) in [6.07, 6.45) is 4.21. The molecule has 6 heteroatoms. The monoisotopic (exact) mass is 469 g/mol. The Morgan fingerprint density at radius 3 is 2.89 bits per heavy atom. The van der Waals surface area contributed by atoms with Crippen LogP contribution in [0.4, 0.5) is 11.4 Å². The number of pyridine rings is 1. The average Bonchev–Trinajstić information content (AvgIpc) is 3.08. The summed E-state index contributed by atoms with van der Waals surface area (Å²) in [5, 5.41) is 2.19. The lowest BCUT2D eigenvalue weighted by atomic mass is 9.87. The zero-order valence-corrected chi connectivity index (χ0v) is 16.8. The van der Waals surface area contributed by atoms with Gasteiger partial charge in [0.2, 0.25) is 11.4 Å². The van der Waals surface area contributed by atoms with Gasteiger partial charge in [-0.15, -0.1) is 0 Å². The molecule has 2 aliphatic rings. The number of fused-ring (bicyclic) bond motifs is 3. The fraction of sp³-hybridized carbons (Fsp3) is 0.190. The summed E-state index contributed by atoms with van der Waals surface area (Å²) in [7, 11) is 0. The summed E-state index contributed by atoms with van der Waals surface area (Å²) in [5.74, 6) is 0.659. The number of rotatable bonds is 2. The summed E-state index contributed by atoms with van der Waals surface area (Å²) in [6.45, 7) is 2.65. The predicted octanol–water partition coefficient (Wildman–Crippen LogP) is 4.79. The summed E-state index contributed by atoms with van der Waals surface area (Å²) in [6, 6.07) is 14.0. The highest BCUT2D eigenvalue weighted by molar-refractivity contribution is 14.1. The lowest BCUT2D eigenvalue weighted by molar-refractivity contribution is 0.0769. The van der Waals surface area contributed by atoms with Crippen LogP contribution in [0.1, 0.15) is 22.3 Å². The van der Waals surface area contributed by atoms with Crippen LogP contribution in [0.3, 0.4) is 0 Å². The van der Waals surface area contributed by atoms with Gasteiger partial charge in [0.05, 0.1) is 5.69 Å². The van der Waals surface area contributed by atoms with E-state index in [0.717, 1.165) is 22.0 Å². The van der Waals surface area contributed by atoms with Crippen LogP contribution < -0.4 is 4.90 Å². The Balaban J connectivity index is 1.67. The second-order valence-corrected chi connectivity index (χ2v) is 7.44. The van der Waals surface area contributed by atoms with E-state index in [2.05, 4.69) is 28.1 Å². The minimum Gasteiger partial charge on any atom is -0.327 e. The van der Waals surface area contributed by atoms with Crippen molar-refractivity contribution in [1.29, 1.82) is 0 Å². The van der Waals surface area contributed by atoms with Crippen LogP contribution >= 0.6 is 23.0 Å². The Labute approximate surface area is 170 Å². The summed E-state index contributed by atoms with van der Waals surface area (Å²) < 4.78 is 5.79. The van der Waals surface area contributed by atoms with Gasteiger partial charge in [-0.05, 0) is 42.6 Å². The number of nitrogens with zero attached hydrogens (tertiary/aromatic N) is 3. The molecule has 3 aromatic rings. The number of anilines is 1. The smallest absolute Gasteiger partial charge is 0.205 e. The van der Waals surface area contributed by atoms with Gasteiger partial charge in [-0.2, -0.15) is 0 Å².